The topological polar surface area (TPSA) is 56.0 Å². The molecular formula is C12H13FN2O. The number of hydrogen-bond acceptors (Lipinski definition) is 3. The number of phenolic OH excluding ortho intramolecular Hbond substituents is 1. The molecule has 0 aromatic heterocycles. The van der Waals surface area contributed by atoms with Crippen molar-refractivity contribution in [2.24, 2.45) is 0 Å². The fraction of sp³-hybridized carbons (Fsp3) is 0.417. The zero-order chi connectivity index (χ0) is 11.5. The van der Waals surface area contributed by atoms with E-state index in [1.165, 1.54) is 0 Å². The van der Waals surface area contributed by atoms with Crippen LogP contribution in [0.15, 0.2) is 12.1 Å². The van der Waals surface area contributed by atoms with Gasteiger partial charge in [0.25, 0.3) is 0 Å². The summed E-state index contributed by atoms with van der Waals surface area (Å²) >= 11 is 0. The predicted molar refractivity (Wildman–Crippen MR) is 57.4 cm³/mol. The molecule has 84 valence electrons. The Morgan fingerprint density at radius 1 is 1.44 bits per heavy atom. The number of piperidine rings is 1. The Morgan fingerprint density at radius 2 is 2.25 bits per heavy atom. The zero-order valence-corrected chi connectivity index (χ0v) is 8.83. The van der Waals surface area contributed by atoms with E-state index in [-0.39, 0.29) is 17.4 Å². The van der Waals surface area contributed by atoms with Gasteiger partial charge < -0.3 is 10.4 Å². The Morgan fingerprint density at radius 3 is 2.88 bits per heavy atom. The van der Waals surface area contributed by atoms with Gasteiger partial charge in [-0.3, -0.25) is 0 Å². The third-order valence-corrected chi connectivity index (χ3v) is 2.91. The van der Waals surface area contributed by atoms with Crippen molar-refractivity contribution in [3.8, 4) is 11.8 Å². The van der Waals surface area contributed by atoms with Crippen LogP contribution >= 0.6 is 0 Å². The number of nitriles is 1. The van der Waals surface area contributed by atoms with Crippen LogP contribution in [0.4, 0.5) is 4.39 Å². The highest BCUT2D eigenvalue weighted by Gasteiger charge is 2.20. The number of benzene rings is 1. The normalized spacial score (nSPS) is 20.4. The number of aromatic hydroxyl groups is 1. The number of nitrogens with one attached hydrogen (secondary N) is 1. The van der Waals surface area contributed by atoms with Crippen molar-refractivity contribution in [1.82, 2.24) is 5.32 Å². The molecule has 0 amide bonds. The van der Waals surface area contributed by atoms with Crippen LogP contribution in [-0.2, 0) is 0 Å². The molecular weight excluding hydrogens is 207 g/mol. The van der Waals surface area contributed by atoms with E-state index in [1.54, 1.807) is 6.07 Å². The molecule has 1 saturated heterocycles. The molecule has 3 nitrogen and oxygen atoms in total. The lowest BCUT2D eigenvalue weighted by Gasteiger charge is -2.24. The van der Waals surface area contributed by atoms with Gasteiger partial charge in [0.2, 0.25) is 0 Å². The van der Waals surface area contributed by atoms with E-state index in [2.05, 4.69) is 5.32 Å². The second-order valence-corrected chi connectivity index (χ2v) is 4.01. The first kappa shape index (κ1) is 10.9. The first-order chi connectivity index (χ1) is 7.72. The number of rotatable bonds is 1. The number of hydrogen-bond donors (Lipinski definition) is 2. The quantitative estimate of drug-likeness (QED) is 0.763. The molecule has 1 fully saturated rings. The molecule has 16 heavy (non-hydrogen) atoms. The molecule has 1 atom stereocenters. The molecule has 2 rings (SSSR count). The second kappa shape index (κ2) is 4.50. The van der Waals surface area contributed by atoms with Crippen molar-refractivity contribution >= 4 is 0 Å². The monoisotopic (exact) mass is 220 g/mol. The highest BCUT2D eigenvalue weighted by atomic mass is 19.1. The van der Waals surface area contributed by atoms with E-state index in [0.717, 1.165) is 31.9 Å². The minimum atomic E-state index is -0.721. The van der Waals surface area contributed by atoms with Gasteiger partial charge in [-0.2, -0.15) is 5.26 Å². The summed E-state index contributed by atoms with van der Waals surface area (Å²) in [5.74, 6) is -1.06. The molecule has 2 N–H and O–H groups in total. The van der Waals surface area contributed by atoms with E-state index in [4.69, 9.17) is 5.26 Å². The zero-order valence-electron chi connectivity index (χ0n) is 8.83. The highest BCUT2D eigenvalue weighted by Crippen LogP contribution is 2.32. The van der Waals surface area contributed by atoms with Crippen LogP contribution in [0, 0.1) is 17.1 Å². The summed E-state index contributed by atoms with van der Waals surface area (Å²) in [5.41, 5.74) is 0.744. The maximum atomic E-state index is 13.4. The Bertz CT molecular complexity index is 433. The van der Waals surface area contributed by atoms with Gasteiger partial charge in [-0.05, 0) is 31.5 Å². The van der Waals surface area contributed by atoms with Crippen LogP contribution in [0.2, 0.25) is 0 Å². The van der Waals surface area contributed by atoms with E-state index in [9.17, 15) is 9.50 Å². The van der Waals surface area contributed by atoms with Gasteiger partial charge in [0.05, 0.1) is 11.6 Å². The van der Waals surface area contributed by atoms with Gasteiger partial charge in [-0.1, -0.05) is 6.42 Å². The molecule has 4 heteroatoms. The first-order valence-electron chi connectivity index (χ1n) is 5.38. The number of halogens is 1. The van der Waals surface area contributed by atoms with Crippen LogP contribution in [0.5, 0.6) is 5.75 Å². The van der Waals surface area contributed by atoms with E-state index < -0.39 is 5.82 Å². The maximum absolute atomic E-state index is 13.4. The number of phenols is 1. The van der Waals surface area contributed by atoms with Crippen molar-refractivity contribution in [2.45, 2.75) is 25.3 Å². The van der Waals surface area contributed by atoms with Gasteiger partial charge in [-0.25, -0.2) is 4.39 Å². The minimum absolute atomic E-state index is 0.0449. The van der Waals surface area contributed by atoms with Crippen LogP contribution < -0.4 is 5.32 Å². The average Bonchev–Trinajstić information content (AvgIpc) is 2.33. The van der Waals surface area contributed by atoms with Gasteiger partial charge in [-0.15, -0.1) is 0 Å². The van der Waals surface area contributed by atoms with Crippen LogP contribution in [0.25, 0.3) is 0 Å². The van der Waals surface area contributed by atoms with Gasteiger partial charge in [0.15, 0.2) is 11.6 Å². The summed E-state index contributed by atoms with van der Waals surface area (Å²) in [5, 5.41) is 21.6. The molecule has 0 saturated carbocycles. The molecule has 0 bridgehead atoms. The first-order valence-corrected chi connectivity index (χ1v) is 5.38. The molecule has 1 aromatic carbocycles. The van der Waals surface area contributed by atoms with Crippen LogP contribution in [-0.4, -0.2) is 11.7 Å². The van der Waals surface area contributed by atoms with Gasteiger partial charge >= 0.3 is 0 Å². The second-order valence-electron chi connectivity index (χ2n) is 4.01. The Hall–Kier alpha value is -1.60. The molecule has 0 aliphatic carbocycles. The Kier molecular flexibility index (Phi) is 3.07. The van der Waals surface area contributed by atoms with E-state index in [1.807, 2.05) is 6.07 Å². The van der Waals surface area contributed by atoms with Crippen molar-refractivity contribution in [1.29, 1.82) is 5.26 Å². The van der Waals surface area contributed by atoms with E-state index in [0.29, 0.717) is 5.56 Å². The molecule has 0 unspecified atom stereocenters. The van der Waals surface area contributed by atoms with E-state index >= 15 is 0 Å². The van der Waals surface area contributed by atoms with Crippen LogP contribution in [0.1, 0.15) is 36.4 Å². The SMILES string of the molecule is N#Cc1cc(F)c(O)c([C@H]2CCCCN2)c1. The van der Waals surface area contributed by atoms with Crippen molar-refractivity contribution in [3.05, 3.63) is 29.1 Å². The Balaban J connectivity index is 2.38. The molecule has 1 heterocycles. The molecule has 0 radical (unpaired) electrons. The standard InChI is InChI=1S/C12H13FN2O/c13-10-6-8(7-14)5-9(12(10)16)11-3-1-2-4-15-11/h5-6,11,15-16H,1-4H2/t11-/m1/s1. The maximum Gasteiger partial charge on any atom is 0.166 e. The lowest BCUT2D eigenvalue weighted by molar-refractivity contribution is 0.377. The molecule has 1 aliphatic heterocycles. The average molecular weight is 220 g/mol. The van der Waals surface area contributed by atoms with Crippen molar-refractivity contribution in [2.75, 3.05) is 6.54 Å². The summed E-state index contributed by atoms with van der Waals surface area (Å²) < 4.78 is 13.4. The molecule has 1 aromatic rings. The third-order valence-electron chi connectivity index (χ3n) is 2.91. The molecule has 1 aliphatic rings. The third kappa shape index (κ3) is 2.00. The van der Waals surface area contributed by atoms with Gasteiger partial charge in [0.1, 0.15) is 0 Å². The smallest absolute Gasteiger partial charge is 0.166 e. The summed E-state index contributed by atoms with van der Waals surface area (Å²) in [7, 11) is 0. The molecule has 0 spiro atoms. The summed E-state index contributed by atoms with van der Waals surface area (Å²) in [4.78, 5) is 0. The summed E-state index contributed by atoms with van der Waals surface area (Å²) in [6.45, 7) is 0.864. The summed E-state index contributed by atoms with van der Waals surface area (Å²) in [6.07, 6.45) is 3.01. The van der Waals surface area contributed by atoms with Crippen molar-refractivity contribution in [3.63, 3.8) is 0 Å². The van der Waals surface area contributed by atoms with Gasteiger partial charge in [0, 0.05) is 11.6 Å². The largest absolute Gasteiger partial charge is 0.505 e. The lowest BCUT2D eigenvalue weighted by Crippen LogP contribution is -2.27. The summed E-state index contributed by atoms with van der Waals surface area (Å²) in [6, 6.07) is 4.46. The predicted octanol–water partition coefficient (Wildman–Crippen LogP) is 2.22. The van der Waals surface area contributed by atoms with Crippen molar-refractivity contribution < 1.29 is 9.50 Å². The number of nitrogens with zero attached hydrogens (tertiary/aromatic N) is 1. The highest BCUT2D eigenvalue weighted by molar-refractivity contribution is 5.44. The minimum Gasteiger partial charge on any atom is -0.505 e. The lowest BCUT2D eigenvalue weighted by atomic mass is 9.95. The van der Waals surface area contributed by atoms with Crippen LogP contribution in [0.3, 0.4) is 0 Å². The Labute approximate surface area is 93.5 Å². The fourth-order valence-electron chi connectivity index (χ4n) is 2.07. The fourth-order valence-corrected chi connectivity index (χ4v) is 2.07.